The number of ether oxygens (including phenoxy) is 1. The van der Waals surface area contributed by atoms with Crippen molar-refractivity contribution < 1.29 is 4.74 Å². The number of methoxy groups -OCH3 is 1. The number of thiophene rings is 1. The predicted octanol–water partition coefficient (Wildman–Crippen LogP) is 5.00. The Morgan fingerprint density at radius 1 is 1.29 bits per heavy atom. The molecule has 2 rings (SSSR count). The molecule has 4 heteroatoms. The standard InChI is InChI=1S/C17H22ClNOS/c1-4-19-15(16-11-12(2)17(18)21-16)10-7-13-5-8-14(20-3)9-6-13/h5-6,8-9,11,15,19H,4,7,10H2,1-3H3. The Labute approximate surface area is 136 Å². The average molecular weight is 324 g/mol. The Balaban J connectivity index is 2.02. The normalized spacial score (nSPS) is 12.4. The maximum absolute atomic E-state index is 6.20. The highest BCUT2D eigenvalue weighted by atomic mass is 35.5. The molecule has 0 amide bonds. The minimum absolute atomic E-state index is 0.369. The van der Waals surface area contributed by atoms with E-state index in [0.717, 1.165) is 29.5 Å². The van der Waals surface area contributed by atoms with Crippen molar-refractivity contribution in [2.45, 2.75) is 32.7 Å². The van der Waals surface area contributed by atoms with Crippen LogP contribution in [0.3, 0.4) is 0 Å². The molecule has 1 aromatic carbocycles. The van der Waals surface area contributed by atoms with Gasteiger partial charge < -0.3 is 10.1 Å². The van der Waals surface area contributed by atoms with Crippen LogP contribution in [-0.2, 0) is 6.42 Å². The van der Waals surface area contributed by atoms with Crippen molar-refractivity contribution in [2.24, 2.45) is 0 Å². The number of aryl methyl sites for hydroxylation is 2. The first-order chi connectivity index (χ1) is 10.1. The molecule has 0 aliphatic rings. The quantitative estimate of drug-likeness (QED) is 0.774. The molecule has 0 radical (unpaired) electrons. The summed E-state index contributed by atoms with van der Waals surface area (Å²) in [6, 6.07) is 10.9. The molecule has 2 aromatic rings. The Hall–Kier alpha value is -1.03. The van der Waals surface area contributed by atoms with Crippen LogP contribution in [0, 0.1) is 6.92 Å². The minimum Gasteiger partial charge on any atom is -0.497 e. The number of rotatable bonds is 7. The molecular formula is C17H22ClNOS. The Morgan fingerprint density at radius 2 is 2.00 bits per heavy atom. The van der Waals surface area contributed by atoms with Crippen molar-refractivity contribution in [3.63, 3.8) is 0 Å². The maximum atomic E-state index is 6.20. The SMILES string of the molecule is CCNC(CCc1ccc(OC)cc1)c1cc(C)c(Cl)s1. The predicted molar refractivity (Wildman–Crippen MR) is 91.8 cm³/mol. The molecule has 1 unspecified atom stereocenters. The van der Waals surface area contributed by atoms with Crippen molar-refractivity contribution in [3.8, 4) is 5.75 Å². The zero-order valence-corrected chi connectivity index (χ0v) is 14.4. The van der Waals surface area contributed by atoms with Gasteiger partial charge in [-0.1, -0.05) is 30.7 Å². The summed E-state index contributed by atoms with van der Waals surface area (Å²) < 4.78 is 6.09. The lowest BCUT2D eigenvalue weighted by Gasteiger charge is -2.16. The molecule has 114 valence electrons. The maximum Gasteiger partial charge on any atom is 0.118 e. The van der Waals surface area contributed by atoms with Gasteiger partial charge in [-0.15, -0.1) is 11.3 Å². The van der Waals surface area contributed by atoms with E-state index >= 15 is 0 Å². The second-order valence-corrected chi connectivity index (χ2v) is 6.79. The molecule has 0 saturated carbocycles. The average Bonchev–Trinajstić information content (AvgIpc) is 2.83. The van der Waals surface area contributed by atoms with Gasteiger partial charge in [-0.05, 0) is 55.6 Å². The summed E-state index contributed by atoms with van der Waals surface area (Å²) >= 11 is 7.89. The van der Waals surface area contributed by atoms with Gasteiger partial charge in [0.25, 0.3) is 0 Å². The van der Waals surface area contributed by atoms with E-state index in [-0.39, 0.29) is 0 Å². The fourth-order valence-electron chi connectivity index (χ4n) is 2.35. The lowest BCUT2D eigenvalue weighted by molar-refractivity contribution is 0.414. The van der Waals surface area contributed by atoms with E-state index in [1.807, 2.05) is 12.1 Å². The highest BCUT2D eigenvalue weighted by Gasteiger charge is 2.14. The van der Waals surface area contributed by atoms with Crippen LogP contribution in [-0.4, -0.2) is 13.7 Å². The Kier molecular flexibility index (Phi) is 6.09. The molecule has 21 heavy (non-hydrogen) atoms. The molecule has 1 heterocycles. The van der Waals surface area contributed by atoms with Gasteiger partial charge in [-0.25, -0.2) is 0 Å². The molecule has 0 saturated heterocycles. The summed E-state index contributed by atoms with van der Waals surface area (Å²) in [4.78, 5) is 1.33. The van der Waals surface area contributed by atoms with Crippen molar-refractivity contribution in [2.75, 3.05) is 13.7 Å². The zero-order valence-electron chi connectivity index (χ0n) is 12.8. The second-order valence-electron chi connectivity index (χ2n) is 5.10. The first-order valence-electron chi connectivity index (χ1n) is 7.26. The number of hydrogen-bond acceptors (Lipinski definition) is 3. The van der Waals surface area contributed by atoms with Gasteiger partial charge in [0.15, 0.2) is 0 Å². The molecule has 0 aliphatic heterocycles. The fraction of sp³-hybridized carbons (Fsp3) is 0.412. The summed E-state index contributed by atoms with van der Waals surface area (Å²) in [5.41, 5.74) is 2.50. The molecule has 1 aromatic heterocycles. The highest BCUT2D eigenvalue weighted by molar-refractivity contribution is 7.16. The number of benzene rings is 1. The highest BCUT2D eigenvalue weighted by Crippen LogP contribution is 2.33. The molecule has 1 atom stereocenters. The topological polar surface area (TPSA) is 21.3 Å². The van der Waals surface area contributed by atoms with Crippen molar-refractivity contribution in [1.82, 2.24) is 5.32 Å². The van der Waals surface area contributed by atoms with Gasteiger partial charge in [-0.3, -0.25) is 0 Å². The smallest absolute Gasteiger partial charge is 0.118 e. The van der Waals surface area contributed by atoms with Crippen LogP contribution < -0.4 is 10.1 Å². The lowest BCUT2D eigenvalue weighted by atomic mass is 10.0. The number of halogens is 1. The Morgan fingerprint density at radius 3 is 2.52 bits per heavy atom. The van der Waals surface area contributed by atoms with E-state index in [1.165, 1.54) is 16.0 Å². The monoisotopic (exact) mass is 323 g/mol. The van der Waals surface area contributed by atoms with E-state index in [1.54, 1.807) is 18.4 Å². The largest absolute Gasteiger partial charge is 0.497 e. The molecule has 1 N–H and O–H groups in total. The van der Waals surface area contributed by atoms with E-state index in [4.69, 9.17) is 16.3 Å². The second kappa shape index (κ2) is 7.83. The van der Waals surface area contributed by atoms with Crippen molar-refractivity contribution >= 4 is 22.9 Å². The van der Waals surface area contributed by atoms with Crippen LogP contribution in [0.5, 0.6) is 5.75 Å². The third-order valence-electron chi connectivity index (χ3n) is 3.55. The van der Waals surface area contributed by atoms with Crippen molar-refractivity contribution in [1.29, 1.82) is 0 Å². The summed E-state index contributed by atoms with van der Waals surface area (Å²) in [5.74, 6) is 0.905. The summed E-state index contributed by atoms with van der Waals surface area (Å²) in [6.07, 6.45) is 2.10. The van der Waals surface area contributed by atoms with Gasteiger partial charge in [0.1, 0.15) is 5.75 Å². The van der Waals surface area contributed by atoms with Gasteiger partial charge in [0, 0.05) is 10.9 Å². The van der Waals surface area contributed by atoms with Crippen LogP contribution >= 0.6 is 22.9 Å². The van der Waals surface area contributed by atoms with E-state index in [0.29, 0.717) is 6.04 Å². The summed E-state index contributed by atoms with van der Waals surface area (Å²) in [5, 5.41) is 3.56. The van der Waals surface area contributed by atoms with Gasteiger partial charge >= 0.3 is 0 Å². The lowest BCUT2D eigenvalue weighted by Crippen LogP contribution is -2.20. The van der Waals surface area contributed by atoms with Crippen LogP contribution in [0.4, 0.5) is 0 Å². The summed E-state index contributed by atoms with van der Waals surface area (Å²) in [6.45, 7) is 5.17. The molecule has 0 bridgehead atoms. The van der Waals surface area contributed by atoms with Crippen LogP contribution in [0.1, 0.15) is 35.4 Å². The molecular weight excluding hydrogens is 302 g/mol. The van der Waals surface area contributed by atoms with Crippen LogP contribution in [0.25, 0.3) is 0 Å². The van der Waals surface area contributed by atoms with E-state index in [9.17, 15) is 0 Å². The molecule has 2 nitrogen and oxygen atoms in total. The fourth-order valence-corrected chi connectivity index (χ4v) is 3.68. The third-order valence-corrected chi connectivity index (χ3v) is 5.22. The van der Waals surface area contributed by atoms with E-state index < -0.39 is 0 Å². The van der Waals surface area contributed by atoms with Crippen LogP contribution in [0.15, 0.2) is 30.3 Å². The molecule has 0 aliphatic carbocycles. The van der Waals surface area contributed by atoms with Gasteiger partial charge in [0.05, 0.1) is 11.4 Å². The van der Waals surface area contributed by atoms with Gasteiger partial charge in [-0.2, -0.15) is 0 Å². The first kappa shape index (κ1) is 16.3. The molecule has 0 fully saturated rings. The van der Waals surface area contributed by atoms with Crippen LogP contribution in [0.2, 0.25) is 4.34 Å². The van der Waals surface area contributed by atoms with Gasteiger partial charge in [0.2, 0.25) is 0 Å². The number of nitrogens with one attached hydrogen (secondary N) is 1. The summed E-state index contributed by atoms with van der Waals surface area (Å²) in [7, 11) is 1.69. The van der Waals surface area contributed by atoms with Crippen molar-refractivity contribution in [3.05, 3.63) is 50.7 Å². The minimum atomic E-state index is 0.369. The zero-order chi connectivity index (χ0) is 15.2. The molecule has 0 spiro atoms. The first-order valence-corrected chi connectivity index (χ1v) is 8.45. The third kappa shape index (κ3) is 4.47. The Bertz CT molecular complexity index is 545. The number of hydrogen-bond donors (Lipinski definition) is 1. The van der Waals surface area contributed by atoms with E-state index in [2.05, 4.69) is 37.4 Å².